The van der Waals surface area contributed by atoms with Gasteiger partial charge in [-0.15, -0.1) is 0 Å². The number of anilines is 1. The molecule has 0 amide bonds. The summed E-state index contributed by atoms with van der Waals surface area (Å²) in [6.07, 6.45) is 5.01. The number of pyridine rings is 1. The van der Waals surface area contributed by atoms with Gasteiger partial charge in [0, 0.05) is 11.7 Å². The van der Waals surface area contributed by atoms with Gasteiger partial charge < -0.3 is 10.4 Å². The van der Waals surface area contributed by atoms with Crippen molar-refractivity contribution < 1.29 is 9.90 Å². The molecule has 1 unspecified atom stereocenters. The van der Waals surface area contributed by atoms with Crippen molar-refractivity contribution >= 4 is 11.8 Å². The van der Waals surface area contributed by atoms with Gasteiger partial charge in [0.15, 0.2) is 0 Å². The average molecular weight is 262 g/mol. The molecule has 104 valence electrons. The average Bonchev–Trinajstić information content (AvgIpc) is 2.80. The molecule has 19 heavy (non-hydrogen) atoms. The fraction of sp³-hybridized carbons (Fsp3) is 0.600. The Labute approximate surface area is 114 Å². The van der Waals surface area contributed by atoms with Gasteiger partial charge in [-0.2, -0.15) is 0 Å². The van der Waals surface area contributed by atoms with E-state index in [-0.39, 0.29) is 6.04 Å². The molecule has 1 aromatic heterocycles. The molecule has 1 saturated carbocycles. The van der Waals surface area contributed by atoms with E-state index in [1.807, 2.05) is 19.9 Å². The minimum atomic E-state index is -0.911. The lowest BCUT2D eigenvalue weighted by atomic mass is 9.99. The highest BCUT2D eigenvalue weighted by atomic mass is 16.4. The summed E-state index contributed by atoms with van der Waals surface area (Å²) in [5, 5.41) is 12.7. The highest BCUT2D eigenvalue weighted by Gasteiger charge is 2.24. The number of nitrogens with one attached hydrogen (secondary N) is 1. The number of hydrogen-bond donors (Lipinski definition) is 2. The number of carboxylic acid groups (broad SMARTS) is 1. The summed E-state index contributed by atoms with van der Waals surface area (Å²) in [6.45, 7) is 5.84. The molecule has 2 rings (SSSR count). The Morgan fingerprint density at radius 1 is 1.42 bits per heavy atom. The van der Waals surface area contributed by atoms with Crippen LogP contribution in [0.4, 0.5) is 5.82 Å². The highest BCUT2D eigenvalue weighted by molar-refractivity contribution is 5.94. The van der Waals surface area contributed by atoms with E-state index in [2.05, 4.69) is 17.2 Å². The SMILES string of the molecule is Cc1cc(C)c(C(=O)O)c(NC(C)C2CCCC2)n1. The van der Waals surface area contributed by atoms with Crippen molar-refractivity contribution in [3.8, 4) is 0 Å². The van der Waals surface area contributed by atoms with Crippen LogP contribution in [0.1, 0.15) is 54.2 Å². The summed E-state index contributed by atoms with van der Waals surface area (Å²) in [5.74, 6) is 0.236. The maximum absolute atomic E-state index is 11.4. The van der Waals surface area contributed by atoms with E-state index in [0.717, 1.165) is 11.3 Å². The van der Waals surface area contributed by atoms with Crippen LogP contribution < -0.4 is 5.32 Å². The van der Waals surface area contributed by atoms with E-state index in [1.54, 1.807) is 0 Å². The van der Waals surface area contributed by atoms with Crippen LogP contribution in [0.5, 0.6) is 0 Å². The second-order valence-electron chi connectivity index (χ2n) is 5.59. The maximum atomic E-state index is 11.4. The largest absolute Gasteiger partial charge is 0.478 e. The molecule has 0 spiro atoms. The van der Waals surface area contributed by atoms with Crippen molar-refractivity contribution in [1.82, 2.24) is 4.98 Å². The molecule has 1 fully saturated rings. The summed E-state index contributed by atoms with van der Waals surface area (Å²) in [4.78, 5) is 15.8. The molecule has 4 nitrogen and oxygen atoms in total. The lowest BCUT2D eigenvalue weighted by Gasteiger charge is -2.22. The molecule has 4 heteroatoms. The lowest BCUT2D eigenvalue weighted by Crippen LogP contribution is -2.26. The predicted octanol–water partition coefficient (Wildman–Crippen LogP) is 3.39. The number of nitrogens with zero attached hydrogens (tertiary/aromatic N) is 1. The van der Waals surface area contributed by atoms with Gasteiger partial charge in [-0.05, 0) is 51.2 Å². The molecule has 2 N–H and O–H groups in total. The molecule has 1 heterocycles. The quantitative estimate of drug-likeness (QED) is 0.873. The van der Waals surface area contributed by atoms with Crippen LogP contribution in [0.3, 0.4) is 0 Å². The van der Waals surface area contributed by atoms with Crippen LogP contribution in [0.2, 0.25) is 0 Å². The molecule has 0 aliphatic heterocycles. The predicted molar refractivity (Wildman–Crippen MR) is 75.7 cm³/mol. The Bertz CT molecular complexity index is 479. The van der Waals surface area contributed by atoms with Crippen molar-refractivity contribution in [2.24, 2.45) is 5.92 Å². The van der Waals surface area contributed by atoms with Crippen LogP contribution >= 0.6 is 0 Å². The van der Waals surface area contributed by atoms with Gasteiger partial charge in [-0.25, -0.2) is 9.78 Å². The molecule has 1 aliphatic rings. The number of aryl methyl sites for hydroxylation is 2. The van der Waals surface area contributed by atoms with Gasteiger partial charge >= 0.3 is 5.97 Å². The van der Waals surface area contributed by atoms with Crippen LogP contribution in [0.25, 0.3) is 0 Å². The first-order valence-electron chi connectivity index (χ1n) is 6.97. The standard InChI is InChI=1S/C15H22N2O2/c1-9-8-10(2)16-14(13(9)15(18)19)17-11(3)12-6-4-5-7-12/h8,11-12H,4-7H2,1-3H3,(H,16,17)(H,18,19). The molecule has 1 aliphatic carbocycles. The van der Waals surface area contributed by atoms with E-state index in [4.69, 9.17) is 0 Å². The van der Waals surface area contributed by atoms with E-state index < -0.39 is 5.97 Å². The van der Waals surface area contributed by atoms with Crippen molar-refractivity contribution in [2.75, 3.05) is 5.32 Å². The first-order valence-corrected chi connectivity index (χ1v) is 6.97. The maximum Gasteiger partial charge on any atom is 0.339 e. The highest BCUT2D eigenvalue weighted by Crippen LogP contribution is 2.30. The molecule has 1 atom stereocenters. The summed E-state index contributed by atoms with van der Waals surface area (Å²) in [6, 6.07) is 2.09. The topological polar surface area (TPSA) is 62.2 Å². The number of hydrogen-bond acceptors (Lipinski definition) is 3. The smallest absolute Gasteiger partial charge is 0.339 e. The minimum Gasteiger partial charge on any atom is -0.478 e. The summed E-state index contributed by atoms with van der Waals surface area (Å²) in [5.41, 5.74) is 1.92. The third-order valence-electron chi connectivity index (χ3n) is 4.03. The monoisotopic (exact) mass is 262 g/mol. The van der Waals surface area contributed by atoms with Crippen LogP contribution in [0, 0.1) is 19.8 Å². The zero-order valence-corrected chi connectivity index (χ0v) is 11.9. The number of rotatable bonds is 4. The Balaban J connectivity index is 2.25. The van der Waals surface area contributed by atoms with Crippen LogP contribution in [-0.4, -0.2) is 22.1 Å². The first-order chi connectivity index (χ1) is 8.99. The van der Waals surface area contributed by atoms with Crippen molar-refractivity contribution in [1.29, 1.82) is 0 Å². The molecule has 0 aromatic carbocycles. The van der Waals surface area contributed by atoms with Gasteiger partial charge in [0.25, 0.3) is 0 Å². The van der Waals surface area contributed by atoms with E-state index in [0.29, 0.717) is 17.3 Å². The third-order valence-corrected chi connectivity index (χ3v) is 4.03. The van der Waals surface area contributed by atoms with Gasteiger partial charge in [-0.3, -0.25) is 0 Å². The number of carbonyl (C=O) groups is 1. The summed E-state index contributed by atoms with van der Waals surface area (Å²) >= 11 is 0. The Kier molecular flexibility index (Phi) is 4.08. The fourth-order valence-electron chi connectivity index (χ4n) is 3.00. The number of aromatic nitrogens is 1. The van der Waals surface area contributed by atoms with E-state index in [9.17, 15) is 9.90 Å². The van der Waals surface area contributed by atoms with E-state index in [1.165, 1.54) is 25.7 Å². The van der Waals surface area contributed by atoms with Gasteiger partial charge in [-0.1, -0.05) is 12.8 Å². The van der Waals surface area contributed by atoms with Crippen LogP contribution in [0.15, 0.2) is 6.07 Å². The molecular weight excluding hydrogens is 240 g/mol. The Morgan fingerprint density at radius 2 is 2.05 bits per heavy atom. The summed E-state index contributed by atoms with van der Waals surface area (Å²) < 4.78 is 0. The molecular formula is C15H22N2O2. The lowest BCUT2D eigenvalue weighted by molar-refractivity contribution is 0.0696. The molecule has 0 bridgehead atoms. The summed E-state index contributed by atoms with van der Waals surface area (Å²) in [7, 11) is 0. The zero-order chi connectivity index (χ0) is 14.0. The number of carboxylic acids is 1. The Morgan fingerprint density at radius 3 is 2.63 bits per heavy atom. The fourth-order valence-corrected chi connectivity index (χ4v) is 3.00. The second kappa shape index (κ2) is 5.59. The van der Waals surface area contributed by atoms with Crippen molar-refractivity contribution in [3.63, 3.8) is 0 Å². The minimum absolute atomic E-state index is 0.272. The normalized spacial score (nSPS) is 17.4. The molecule has 1 aromatic rings. The molecule has 0 saturated heterocycles. The van der Waals surface area contributed by atoms with Crippen LogP contribution in [-0.2, 0) is 0 Å². The first kappa shape index (κ1) is 13.8. The van der Waals surface area contributed by atoms with Gasteiger partial charge in [0.1, 0.15) is 11.4 Å². The van der Waals surface area contributed by atoms with Gasteiger partial charge in [0.05, 0.1) is 0 Å². The zero-order valence-electron chi connectivity index (χ0n) is 11.9. The van der Waals surface area contributed by atoms with E-state index >= 15 is 0 Å². The van der Waals surface area contributed by atoms with Gasteiger partial charge in [0.2, 0.25) is 0 Å². The molecule has 0 radical (unpaired) electrons. The second-order valence-corrected chi connectivity index (χ2v) is 5.59. The van der Waals surface area contributed by atoms with Crippen molar-refractivity contribution in [2.45, 2.75) is 52.5 Å². The van der Waals surface area contributed by atoms with Crippen molar-refractivity contribution in [3.05, 3.63) is 22.9 Å². The number of aromatic carboxylic acids is 1. The third kappa shape index (κ3) is 3.06. The Hall–Kier alpha value is -1.58.